The number of carboxylic acid groups (broad SMARTS) is 1. The van der Waals surface area contributed by atoms with Crippen LogP contribution in [-0.2, 0) is 16.1 Å². The average molecular weight is 376 g/mol. The van der Waals surface area contributed by atoms with Gasteiger partial charge in [-0.25, -0.2) is 9.78 Å². The SMILES string of the molecule is Cc1nc2cnccc2n1CC(O)CCCC(=O)N[C@@H](CC(C)C)C(=O)O. The lowest BCUT2D eigenvalue weighted by molar-refractivity contribution is -0.142. The Morgan fingerprint density at radius 2 is 2.07 bits per heavy atom. The van der Waals surface area contributed by atoms with Crippen LogP contribution in [0.15, 0.2) is 18.5 Å². The molecule has 2 aromatic heterocycles. The number of hydrogen-bond donors (Lipinski definition) is 3. The molecule has 27 heavy (non-hydrogen) atoms. The van der Waals surface area contributed by atoms with Crippen molar-refractivity contribution in [1.82, 2.24) is 19.9 Å². The largest absolute Gasteiger partial charge is 0.480 e. The second kappa shape index (κ2) is 9.45. The lowest BCUT2D eigenvalue weighted by Crippen LogP contribution is -2.41. The van der Waals surface area contributed by atoms with E-state index in [-0.39, 0.29) is 18.2 Å². The van der Waals surface area contributed by atoms with Gasteiger partial charge in [0.1, 0.15) is 17.4 Å². The lowest BCUT2D eigenvalue weighted by atomic mass is 10.0. The molecule has 0 spiro atoms. The molecule has 2 atom stereocenters. The molecule has 0 radical (unpaired) electrons. The van der Waals surface area contributed by atoms with Crippen molar-refractivity contribution in [1.29, 1.82) is 0 Å². The fraction of sp³-hybridized carbons (Fsp3) is 0.579. The van der Waals surface area contributed by atoms with Crippen molar-refractivity contribution < 1.29 is 19.8 Å². The number of rotatable bonds is 10. The molecule has 1 amide bonds. The smallest absolute Gasteiger partial charge is 0.326 e. The summed E-state index contributed by atoms with van der Waals surface area (Å²) in [6.07, 6.45) is 4.26. The van der Waals surface area contributed by atoms with Crippen LogP contribution in [0, 0.1) is 12.8 Å². The summed E-state index contributed by atoms with van der Waals surface area (Å²) < 4.78 is 1.94. The van der Waals surface area contributed by atoms with Gasteiger partial charge >= 0.3 is 5.97 Å². The fourth-order valence-electron chi connectivity index (χ4n) is 3.09. The number of aliphatic hydroxyl groups is 1. The van der Waals surface area contributed by atoms with Crippen LogP contribution in [0.3, 0.4) is 0 Å². The third-order valence-electron chi connectivity index (χ3n) is 4.42. The maximum atomic E-state index is 12.0. The molecule has 148 valence electrons. The minimum absolute atomic E-state index is 0.177. The van der Waals surface area contributed by atoms with Crippen LogP contribution in [0.4, 0.5) is 0 Å². The number of carbonyl (C=O) groups is 2. The summed E-state index contributed by atoms with van der Waals surface area (Å²) >= 11 is 0. The fourth-order valence-corrected chi connectivity index (χ4v) is 3.09. The van der Waals surface area contributed by atoms with Crippen molar-refractivity contribution in [2.45, 2.75) is 65.1 Å². The zero-order valence-electron chi connectivity index (χ0n) is 16.1. The number of carbonyl (C=O) groups excluding carboxylic acids is 1. The number of aliphatic carboxylic acids is 1. The van der Waals surface area contributed by atoms with E-state index in [1.54, 1.807) is 12.4 Å². The average Bonchev–Trinajstić information content (AvgIpc) is 2.89. The Morgan fingerprint density at radius 3 is 2.74 bits per heavy atom. The zero-order chi connectivity index (χ0) is 20.0. The molecule has 0 aliphatic rings. The Bertz CT molecular complexity index is 787. The topological polar surface area (TPSA) is 117 Å². The van der Waals surface area contributed by atoms with E-state index in [9.17, 15) is 19.8 Å². The first kappa shape index (κ1) is 20.8. The molecule has 0 saturated heterocycles. The molecule has 0 aliphatic heterocycles. The number of nitrogens with zero attached hydrogens (tertiary/aromatic N) is 3. The van der Waals surface area contributed by atoms with Crippen molar-refractivity contribution in [3.05, 3.63) is 24.3 Å². The highest BCUT2D eigenvalue weighted by Crippen LogP contribution is 2.16. The van der Waals surface area contributed by atoms with Crippen molar-refractivity contribution in [2.75, 3.05) is 0 Å². The first-order chi connectivity index (χ1) is 12.8. The molecule has 1 unspecified atom stereocenters. The second-order valence-electron chi connectivity index (χ2n) is 7.27. The van der Waals surface area contributed by atoms with Crippen LogP contribution in [0.5, 0.6) is 0 Å². The van der Waals surface area contributed by atoms with Gasteiger partial charge in [-0.1, -0.05) is 13.8 Å². The van der Waals surface area contributed by atoms with Gasteiger partial charge < -0.3 is 20.1 Å². The first-order valence-corrected chi connectivity index (χ1v) is 9.25. The maximum absolute atomic E-state index is 12.0. The summed E-state index contributed by atoms with van der Waals surface area (Å²) in [4.78, 5) is 31.7. The Balaban J connectivity index is 1.81. The van der Waals surface area contributed by atoms with Gasteiger partial charge in [-0.05, 0) is 38.2 Å². The summed E-state index contributed by atoms with van der Waals surface area (Å²) in [6.45, 7) is 6.09. The number of amides is 1. The number of imidazole rings is 1. The van der Waals surface area contributed by atoms with Crippen molar-refractivity contribution in [2.24, 2.45) is 5.92 Å². The quantitative estimate of drug-likeness (QED) is 0.583. The Kier molecular flexibility index (Phi) is 7.29. The molecule has 2 heterocycles. The molecule has 2 rings (SSSR count). The molecule has 0 saturated carbocycles. The summed E-state index contributed by atoms with van der Waals surface area (Å²) in [7, 11) is 0. The highest BCUT2D eigenvalue weighted by molar-refractivity contribution is 5.83. The summed E-state index contributed by atoms with van der Waals surface area (Å²) in [5.41, 5.74) is 1.70. The third kappa shape index (κ3) is 6.02. The minimum Gasteiger partial charge on any atom is -0.480 e. The van der Waals surface area contributed by atoms with E-state index in [0.29, 0.717) is 25.8 Å². The minimum atomic E-state index is -1.02. The molecular formula is C19H28N4O4. The molecule has 0 aliphatic carbocycles. The Labute approximate surface area is 158 Å². The van der Waals surface area contributed by atoms with Crippen LogP contribution < -0.4 is 5.32 Å². The van der Waals surface area contributed by atoms with E-state index in [4.69, 9.17) is 0 Å². The molecular weight excluding hydrogens is 348 g/mol. The third-order valence-corrected chi connectivity index (χ3v) is 4.42. The normalized spacial score (nSPS) is 13.7. The van der Waals surface area contributed by atoms with Gasteiger partial charge in [0.15, 0.2) is 0 Å². The zero-order valence-corrected chi connectivity index (χ0v) is 16.1. The molecule has 8 nitrogen and oxygen atoms in total. The number of carboxylic acids is 1. The van der Waals surface area contributed by atoms with Crippen LogP contribution in [0.25, 0.3) is 11.0 Å². The maximum Gasteiger partial charge on any atom is 0.326 e. The van der Waals surface area contributed by atoms with E-state index in [1.165, 1.54) is 0 Å². The number of fused-ring (bicyclic) bond motifs is 1. The Morgan fingerprint density at radius 1 is 1.33 bits per heavy atom. The van der Waals surface area contributed by atoms with Gasteiger partial charge in [0.25, 0.3) is 0 Å². The van der Waals surface area contributed by atoms with E-state index >= 15 is 0 Å². The number of nitrogens with one attached hydrogen (secondary N) is 1. The van der Waals surface area contributed by atoms with Gasteiger partial charge in [0.2, 0.25) is 5.91 Å². The molecule has 8 heteroatoms. The van der Waals surface area contributed by atoms with Crippen LogP contribution in [0.2, 0.25) is 0 Å². The first-order valence-electron chi connectivity index (χ1n) is 9.25. The number of aliphatic hydroxyl groups excluding tert-OH is 1. The number of aryl methyl sites for hydroxylation is 1. The van der Waals surface area contributed by atoms with E-state index in [0.717, 1.165) is 16.9 Å². The summed E-state index contributed by atoms with van der Waals surface area (Å²) in [5.74, 6) is -0.343. The Hall–Kier alpha value is -2.48. The van der Waals surface area contributed by atoms with E-state index in [2.05, 4.69) is 15.3 Å². The highest BCUT2D eigenvalue weighted by Gasteiger charge is 2.21. The lowest BCUT2D eigenvalue weighted by Gasteiger charge is -2.17. The predicted molar refractivity (Wildman–Crippen MR) is 101 cm³/mol. The standard InChI is InChI=1S/C19H28N4O4/c1-12(2)9-15(19(26)27)22-18(25)6-4-5-14(24)11-23-13(3)21-16-10-20-8-7-17(16)23/h7-8,10,12,14-15,24H,4-6,9,11H2,1-3H3,(H,22,25)(H,26,27)/t14?,15-/m0/s1. The second-order valence-corrected chi connectivity index (χ2v) is 7.27. The van der Waals surface area contributed by atoms with Crippen LogP contribution in [0.1, 0.15) is 45.4 Å². The molecule has 3 N–H and O–H groups in total. The monoisotopic (exact) mass is 376 g/mol. The molecule has 0 aromatic carbocycles. The molecule has 2 aromatic rings. The van der Waals surface area contributed by atoms with Crippen molar-refractivity contribution in [3.63, 3.8) is 0 Å². The molecule has 0 bridgehead atoms. The van der Waals surface area contributed by atoms with E-state index in [1.807, 2.05) is 31.4 Å². The predicted octanol–water partition coefficient (Wildman–Crippen LogP) is 1.89. The highest BCUT2D eigenvalue weighted by atomic mass is 16.4. The summed E-state index contributed by atoms with van der Waals surface area (Å²) in [6, 6.07) is 0.993. The van der Waals surface area contributed by atoms with Gasteiger partial charge in [-0.2, -0.15) is 0 Å². The number of hydrogen-bond acceptors (Lipinski definition) is 5. The van der Waals surface area contributed by atoms with Gasteiger partial charge in [-0.15, -0.1) is 0 Å². The van der Waals surface area contributed by atoms with E-state index < -0.39 is 18.1 Å². The summed E-state index contributed by atoms with van der Waals surface area (Å²) in [5, 5.41) is 22.0. The van der Waals surface area contributed by atoms with Crippen LogP contribution >= 0.6 is 0 Å². The van der Waals surface area contributed by atoms with Gasteiger partial charge in [0.05, 0.1) is 24.4 Å². The van der Waals surface area contributed by atoms with Gasteiger partial charge in [-0.3, -0.25) is 9.78 Å². The number of aromatic nitrogens is 3. The van der Waals surface area contributed by atoms with Crippen molar-refractivity contribution >= 4 is 22.9 Å². The van der Waals surface area contributed by atoms with Gasteiger partial charge in [0, 0.05) is 12.6 Å². The number of pyridine rings is 1. The van der Waals surface area contributed by atoms with Crippen molar-refractivity contribution in [3.8, 4) is 0 Å². The van der Waals surface area contributed by atoms with Crippen LogP contribution in [-0.4, -0.2) is 48.8 Å². The molecule has 0 fully saturated rings.